The number of hydrogen-bond donors (Lipinski definition) is 1. The molecule has 0 saturated carbocycles. The molecular formula is C13H12BrN3S. The van der Waals surface area contributed by atoms with Crippen molar-refractivity contribution in [3.63, 3.8) is 0 Å². The Hall–Kier alpha value is -1.33. The minimum absolute atomic E-state index is 0.276. The number of hydrogen-bond acceptors (Lipinski definition) is 4. The van der Waals surface area contributed by atoms with Crippen LogP contribution in [0.1, 0.15) is 11.3 Å². The molecule has 5 heteroatoms. The topological polar surface area (TPSA) is 51.8 Å². The van der Waals surface area contributed by atoms with Crippen LogP contribution >= 0.6 is 27.7 Å². The summed E-state index contributed by atoms with van der Waals surface area (Å²) in [7, 11) is 0. The maximum Gasteiger partial charge on any atom is 0.220 e. The number of rotatable bonds is 3. The Kier molecular flexibility index (Phi) is 4.38. The van der Waals surface area contributed by atoms with Crippen molar-refractivity contribution in [3.05, 3.63) is 52.3 Å². The van der Waals surface area contributed by atoms with Crippen LogP contribution in [0.3, 0.4) is 0 Å². The van der Waals surface area contributed by atoms with Gasteiger partial charge in [0.05, 0.1) is 10.2 Å². The van der Waals surface area contributed by atoms with Crippen LogP contribution in [0.4, 0.5) is 5.95 Å². The smallest absolute Gasteiger partial charge is 0.220 e. The van der Waals surface area contributed by atoms with Gasteiger partial charge in [0, 0.05) is 11.1 Å². The monoisotopic (exact) mass is 321 g/mol. The number of benzene rings is 1. The molecule has 3 nitrogen and oxygen atoms in total. The zero-order chi connectivity index (χ0) is 13.0. The molecule has 0 aliphatic rings. The van der Waals surface area contributed by atoms with E-state index < -0.39 is 0 Å². The summed E-state index contributed by atoms with van der Waals surface area (Å²) < 4.78 is 0.833. The number of thioether (sulfide) groups is 1. The van der Waals surface area contributed by atoms with Crippen LogP contribution in [0.5, 0.6) is 0 Å². The molecule has 0 fully saturated rings. The van der Waals surface area contributed by atoms with Crippen molar-refractivity contribution in [2.75, 3.05) is 12.0 Å². The zero-order valence-electron chi connectivity index (χ0n) is 9.80. The van der Waals surface area contributed by atoms with Crippen LogP contribution in [-0.2, 0) is 0 Å². The van der Waals surface area contributed by atoms with Crippen LogP contribution < -0.4 is 5.73 Å². The summed E-state index contributed by atoms with van der Waals surface area (Å²) in [4.78, 5) is 9.28. The summed E-state index contributed by atoms with van der Waals surface area (Å²) >= 11 is 5.10. The molecule has 1 heterocycles. The van der Waals surface area contributed by atoms with Crippen LogP contribution in [0.25, 0.3) is 11.0 Å². The molecule has 0 aliphatic carbocycles. The molecule has 0 spiro atoms. The highest BCUT2D eigenvalue weighted by Gasteiger charge is 2.04. The number of nitrogens with two attached hydrogens (primary N) is 1. The van der Waals surface area contributed by atoms with Gasteiger partial charge >= 0.3 is 0 Å². The number of nitrogens with zero attached hydrogens (tertiary/aromatic N) is 2. The molecule has 0 bridgehead atoms. The van der Waals surface area contributed by atoms with Crippen LogP contribution in [0.2, 0.25) is 0 Å². The normalized spacial score (nSPS) is 11.6. The fourth-order valence-corrected chi connectivity index (χ4v) is 2.39. The van der Waals surface area contributed by atoms with Crippen molar-refractivity contribution in [3.8, 4) is 0 Å². The summed E-state index contributed by atoms with van der Waals surface area (Å²) in [6, 6.07) is 10.2. The second kappa shape index (κ2) is 6.02. The van der Waals surface area contributed by atoms with Gasteiger partial charge in [-0.05, 0) is 33.8 Å². The molecule has 0 amide bonds. The van der Waals surface area contributed by atoms with E-state index in [1.165, 1.54) is 0 Å². The molecule has 2 rings (SSSR count). The van der Waals surface area contributed by atoms with Crippen molar-refractivity contribution in [1.29, 1.82) is 0 Å². The molecule has 0 aliphatic heterocycles. The number of anilines is 1. The van der Waals surface area contributed by atoms with Crippen molar-refractivity contribution in [1.82, 2.24) is 9.97 Å². The molecule has 2 N–H and O–H groups in total. The van der Waals surface area contributed by atoms with E-state index in [2.05, 4.69) is 38.0 Å². The van der Waals surface area contributed by atoms with E-state index in [0.717, 1.165) is 20.6 Å². The first-order valence-electron chi connectivity index (χ1n) is 5.30. The average Bonchev–Trinajstić information content (AvgIpc) is 2.41. The standard InChI is InChI=1S/C13H12BrN3S/c1-18-12(9-5-3-2-4-6-9)7-11-10(14)8-16-13(15)17-11/h2-8H,1H3,(H2,15,16,17)/b12-7+. The highest BCUT2D eigenvalue weighted by atomic mass is 79.9. The Morgan fingerprint density at radius 1 is 1.33 bits per heavy atom. The van der Waals surface area contributed by atoms with E-state index in [1.807, 2.05) is 30.5 Å². The Bertz CT molecular complexity index is 570. The van der Waals surface area contributed by atoms with E-state index in [9.17, 15) is 0 Å². The maximum atomic E-state index is 5.60. The third-order valence-electron chi connectivity index (χ3n) is 2.34. The van der Waals surface area contributed by atoms with Crippen LogP contribution in [0.15, 0.2) is 41.0 Å². The van der Waals surface area contributed by atoms with Crippen molar-refractivity contribution >= 4 is 44.6 Å². The summed E-state index contributed by atoms with van der Waals surface area (Å²) in [5.74, 6) is 0.276. The Balaban J connectivity index is 2.44. The Morgan fingerprint density at radius 2 is 2.06 bits per heavy atom. The second-order valence-electron chi connectivity index (χ2n) is 3.54. The number of halogens is 1. The van der Waals surface area contributed by atoms with Gasteiger partial charge in [-0.3, -0.25) is 0 Å². The molecule has 2 aromatic rings. The largest absolute Gasteiger partial charge is 0.368 e. The summed E-state index contributed by atoms with van der Waals surface area (Å²) in [6.45, 7) is 0. The van der Waals surface area contributed by atoms with E-state index in [4.69, 9.17) is 5.73 Å². The Labute approximate surface area is 119 Å². The predicted octanol–water partition coefficient (Wildman–Crippen LogP) is 3.68. The van der Waals surface area contributed by atoms with Crippen molar-refractivity contribution in [2.45, 2.75) is 0 Å². The zero-order valence-corrected chi connectivity index (χ0v) is 12.2. The molecule has 1 aromatic carbocycles. The van der Waals surface area contributed by atoms with Crippen LogP contribution in [0, 0.1) is 0 Å². The first-order valence-corrected chi connectivity index (χ1v) is 7.31. The third kappa shape index (κ3) is 3.11. The first-order chi connectivity index (χ1) is 8.70. The molecule has 0 unspecified atom stereocenters. The van der Waals surface area contributed by atoms with Gasteiger partial charge in [-0.2, -0.15) is 0 Å². The minimum Gasteiger partial charge on any atom is -0.368 e. The highest BCUT2D eigenvalue weighted by molar-refractivity contribution is 9.10. The quantitative estimate of drug-likeness (QED) is 0.936. The van der Waals surface area contributed by atoms with Gasteiger partial charge in [0.15, 0.2) is 0 Å². The molecular weight excluding hydrogens is 310 g/mol. The number of nitrogen functional groups attached to an aromatic ring is 1. The van der Waals surface area contributed by atoms with Gasteiger partial charge in [0.25, 0.3) is 0 Å². The SMILES string of the molecule is CS/C(=C/c1nc(N)ncc1Br)c1ccccc1. The lowest BCUT2D eigenvalue weighted by Gasteiger charge is -2.05. The highest BCUT2D eigenvalue weighted by Crippen LogP contribution is 2.29. The molecule has 92 valence electrons. The fraction of sp³-hybridized carbons (Fsp3) is 0.0769. The van der Waals surface area contributed by atoms with E-state index in [0.29, 0.717) is 0 Å². The summed E-state index contributed by atoms with van der Waals surface area (Å²) in [5.41, 5.74) is 7.55. The van der Waals surface area contributed by atoms with Crippen molar-refractivity contribution < 1.29 is 0 Å². The Morgan fingerprint density at radius 3 is 2.72 bits per heavy atom. The lowest BCUT2D eigenvalue weighted by Crippen LogP contribution is -1.96. The van der Waals surface area contributed by atoms with E-state index in [1.54, 1.807) is 18.0 Å². The lowest BCUT2D eigenvalue weighted by atomic mass is 10.2. The molecule has 0 saturated heterocycles. The third-order valence-corrected chi connectivity index (χ3v) is 3.74. The van der Waals surface area contributed by atoms with Gasteiger partial charge in [0.1, 0.15) is 0 Å². The second-order valence-corrected chi connectivity index (χ2v) is 5.24. The fourth-order valence-electron chi connectivity index (χ4n) is 1.48. The maximum absolute atomic E-state index is 5.60. The van der Waals surface area contributed by atoms with Gasteiger partial charge in [-0.15, -0.1) is 11.8 Å². The first kappa shape index (κ1) is 13.1. The van der Waals surface area contributed by atoms with Gasteiger partial charge < -0.3 is 5.73 Å². The lowest BCUT2D eigenvalue weighted by molar-refractivity contribution is 1.15. The minimum atomic E-state index is 0.276. The van der Waals surface area contributed by atoms with Crippen molar-refractivity contribution in [2.24, 2.45) is 0 Å². The van der Waals surface area contributed by atoms with Gasteiger partial charge in [-0.25, -0.2) is 9.97 Å². The van der Waals surface area contributed by atoms with Gasteiger partial charge in [-0.1, -0.05) is 30.3 Å². The summed E-state index contributed by atoms with van der Waals surface area (Å²) in [5, 5.41) is 0. The van der Waals surface area contributed by atoms with Crippen LogP contribution in [-0.4, -0.2) is 16.2 Å². The summed E-state index contributed by atoms with van der Waals surface area (Å²) in [6.07, 6.45) is 5.70. The molecule has 0 radical (unpaired) electrons. The predicted molar refractivity (Wildman–Crippen MR) is 82.0 cm³/mol. The van der Waals surface area contributed by atoms with E-state index >= 15 is 0 Å². The molecule has 18 heavy (non-hydrogen) atoms. The molecule has 1 aromatic heterocycles. The van der Waals surface area contributed by atoms with Gasteiger partial charge in [0.2, 0.25) is 5.95 Å². The van der Waals surface area contributed by atoms with E-state index in [-0.39, 0.29) is 5.95 Å². The molecule has 0 atom stereocenters. The number of aromatic nitrogens is 2. The average molecular weight is 322 g/mol.